The molecule has 0 saturated carbocycles. The van der Waals surface area contributed by atoms with Crippen LogP contribution in [0.1, 0.15) is 0 Å². The molecular formula is C11H11BrFN3O2S. The molecule has 102 valence electrons. The van der Waals surface area contributed by atoms with Gasteiger partial charge in [0, 0.05) is 16.6 Å². The molecule has 0 fully saturated rings. The van der Waals surface area contributed by atoms with Gasteiger partial charge in [0.05, 0.1) is 12.7 Å². The summed E-state index contributed by atoms with van der Waals surface area (Å²) in [6, 6.07) is 4.59. The van der Waals surface area contributed by atoms with E-state index in [1.165, 1.54) is 17.4 Å². The summed E-state index contributed by atoms with van der Waals surface area (Å²) < 4.78 is 14.4. The number of rotatable bonds is 5. The average molecular weight is 348 g/mol. The Labute approximate surface area is 121 Å². The van der Waals surface area contributed by atoms with E-state index >= 15 is 0 Å². The van der Waals surface area contributed by atoms with Crippen LogP contribution in [0.5, 0.6) is 0 Å². The smallest absolute Gasteiger partial charge is 0.206 e. The number of halogens is 2. The molecule has 1 aromatic carbocycles. The zero-order valence-corrected chi connectivity index (χ0v) is 12.1. The Morgan fingerprint density at radius 3 is 2.95 bits per heavy atom. The maximum Gasteiger partial charge on any atom is 0.206 e. The van der Waals surface area contributed by atoms with E-state index in [0.717, 1.165) is 4.47 Å². The van der Waals surface area contributed by atoms with Crippen molar-refractivity contribution >= 4 is 32.4 Å². The summed E-state index contributed by atoms with van der Waals surface area (Å²) in [6.45, 7) is -0.176. The van der Waals surface area contributed by atoms with Crippen molar-refractivity contribution in [2.75, 3.05) is 18.5 Å². The minimum Gasteiger partial charge on any atom is -0.394 e. The highest BCUT2D eigenvalue weighted by atomic mass is 79.9. The van der Waals surface area contributed by atoms with E-state index in [-0.39, 0.29) is 19.0 Å². The highest BCUT2D eigenvalue weighted by molar-refractivity contribution is 9.10. The molecule has 2 aromatic rings. The van der Waals surface area contributed by atoms with Crippen LogP contribution < -0.4 is 5.32 Å². The van der Waals surface area contributed by atoms with Crippen LogP contribution in [0, 0.1) is 5.82 Å². The van der Waals surface area contributed by atoms with Gasteiger partial charge in [0.25, 0.3) is 0 Å². The summed E-state index contributed by atoms with van der Waals surface area (Å²) in [4.78, 5) is 0. The topological polar surface area (TPSA) is 78.3 Å². The second-order valence-corrected chi connectivity index (χ2v) is 5.65. The van der Waals surface area contributed by atoms with Crippen LogP contribution in [-0.2, 0) is 0 Å². The first-order valence-electron chi connectivity index (χ1n) is 5.42. The van der Waals surface area contributed by atoms with Crippen LogP contribution >= 0.6 is 27.3 Å². The van der Waals surface area contributed by atoms with Gasteiger partial charge in [-0.3, -0.25) is 0 Å². The Bertz CT molecular complexity index is 567. The van der Waals surface area contributed by atoms with Gasteiger partial charge in [-0.25, -0.2) is 4.39 Å². The fourth-order valence-corrected chi connectivity index (χ4v) is 2.46. The van der Waals surface area contributed by atoms with Gasteiger partial charge in [-0.1, -0.05) is 27.3 Å². The number of aliphatic hydroxyl groups excluding tert-OH is 2. The lowest BCUT2D eigenvalue weighted by molar-refractivity contribution is 0.105. The molecule has 0 aliphatic rings. The molecule has 0 radical (unpaired) electrons. The molecule has 1 aromatic heterocycles. The van der Waals surface area contributed by atoms with Crippen molar-refractivity contribution in [3.05, 3.63) is 28.5 Å². The molecule has 0 unspecified atom stereocenters. The molecule has 0 amide bonds. The molecule has 0 aliphatic heterocycles. The monoisotopic (exact) mass is 347 g/mol. The molecule has 0 aliphatic carbocycles. The van der Waals surface area contributed by atoms with E-state index < -0.39 is 6.10 Å². The van der Waals surface area contributed by atoms with E-state index in [0.29, 0.717) is 15.7 Å². The molecule has 19 heavy (non-hydrogen) atoms. The van der Waals surface area contributed by atoms with Gasteiger partial charge in [0.2, 0.25) is 5.13 Å². The second kappa shape index (κ2) is 6.38. The van der Waals surface area contributed by atoms with E-state index in [4.69, 9.17) is 5.11 Å². The maximum absolute atomic E-state index is 13.7. The molecule has 3 N–H and O–H groups in total. The molecule has 0 bridgehead atoms. The number of nitrogens with one attached hydrogen (secondary N) is 1. The Balaban J connectivity index is 2.14. The summed E-state index contributed by atoms with van der Waals surface area (Å²) in [6.07, 6.45) is -0.866. The normalized spacial score (nSPS) is 12.4. The Morgan fingerprint density at radius 2 is 2.21 bits per heavy atom. The third-order valence-corrected chi connectivity index (χ3v) is 3.69. The Kier molecular flexibility index (Phi) is 4.81. The fraction of sp³-hybridized carbons (Fsp3) is 0.273. The molecule has 1 heterocycles. The highest BCUT2D eigenvalue weighted by Gasteiger charge is 2.12. The number of aromatic nitrogens is 2. The summed E-state index contributed by atoms with van der Waals surface area (Å²) >= 11 is 4.45. The lowest BCUT2D eigenvalue weighted by Crippen LogP contribution is -2.22. The lowest BCUT2D eigenvalue weighted by Gasteiger charge is -2.06. The van der Waals surface area contributed by atoms with Crippen LogP contribution in [0.15, 0.2) is 22.7 Å². The zero-order valence-electron chi connectivity index (χ0n) is 9.68. The lowest BCUT2D eigenvalue weighted by atomic mass is 10.2. The molecule has 8 heteroatoms. The molecular weight excluding hydrogens is 337 g/mol. The first-order valence-corrected chi connectivity index (χ1v) is 7.03. The van der Waals surface area contributed by atoms with Crippen molar-refractivity contribution in [1.82, 2.24) is 10.2 Å². The van der Waals surface area contributed by atoms with Crippen LogP contribution in [0.3, 0.4) is 0 Å². The van der Waals surface area contributed by atoms with Gasteiger partial charge < -0.3 is 15.5 Å². The number of hydrogen-bond acceptors (Lipinski definition) is 6. The predicted molar refractivity (Wildman–Crippen MR) is 74.6 cm³/mol. The molecule has 0 spiro atoms. The summed E-state index contributed by atoms with van der Waals surface area (Å²) in [5.74, 6) is -0.374. The van der Waals surface area contributed by atoms with Crippen LogP contribution in [0.2, 0.25) is 0 Å². The summed E-state index contributed by atoms with van der Waals surface area (Å²) in [5.41, 5.74) is 0.364. The summed E-state index contributed by atoms with van der Waals surface area (Å²) in [5, 5.41) is 29.4. The van der Waals surface area contributed by atoms with E-state index in [1.807, 2.05) is 0 Å². The van der Waals surface area contributed by atoms with Gasteiger partial charge in [-0.2, -0.15) is 0 Å². The van der Waals surface area contributed by atoms with Crippen molar-refractivity contribution in [3.8, 4) is 10.6 Å². The van der Waals surface area contributed by atoms with Crippen molar-refractivity contribution in [2.45, 2.75) is 6.10 Å². The van der Waals surface area contributed by atoms with E-state index in [1.54, 1.807) is 12.1 Å². The quantitative estimate of drug-likeness (QED) is 0.769. The Morgan fingerprint density at radius 1 is 1.42 bits per heavy atom. The van der Waals surface area contributed by atoms with Gasteiger partial charge >= 0.3 is 0 Å². The second-order valence-electron chi connectivity index (χ2n) is 3.75. The third kappa shape index (κ3) is 3.69. The van der Waals surface area contributed by atoms with E-state index in [2.05, 4.69) is 31.4 Å². The van der Waals surface area contributed by atoms with Gasteiger partial charge in [-0.05, 0) is 18.2 Å². The highest BCUT2D eigenvalue weighted by Crippen LogP contribution is 2.30. The number of hydrogen-bond donors (Lipinski definition) is 3. The largest absolute Gasteiger partial charge is 0.394 e. The average Bonchev–Trinajstić information content (AvgIpc) is 2.87. The first-order chi connectivity index (χ1) is 9.10. The molecule has 2 rings (SSSR count). The van der Waals surface area contributed by atoms with Crippen LogP contribution in [0.4, 0.5) is 9.52 Å². The minimum absolute atomic E-state index is 0.159. The van der Waals surface area contributed by atoms with E-state index in [9.17, 15) is 9.50 Å². The fourth-order valence-electron chi connectivity index (χ4n) is 1.33. The SMILES string of the molecule is OC[C@H](O)CNc1nnc(-c2cc(Br)ccc2F)s1. The first kappa shape index (κ1) is 14.3. The number of aliphatic hydroxyl groups is 2. The predicted octanol–water partition coefficient (Wildman–Crippen LogP) is 1.87. The zero-order chi connectivity index (χ0) is 13.8. The van der Waals surface area contributed by atoms with Crippen molar-refractivity contribution < 1.29 is 14.6 Å². The van der Waals surface area contributed by atoms with Gasteiger partial charge in [-0.15, -0.1) is 10.2 Å². The number of nitrogens with zero attached hydrogens (tertiary/aromatic N) is 2. The standard InChI is InChI=1S/C11H11BrFN3O2S/c12-6-1-2-9(13)8(3-6)10-15-16-11(19-10)14-4-7(18)5-17/h1-3,7,17-18H,4-5H2,(H,14,16)/t7-/m1/s1. The molecule has 0 saturated heterocycles. The number of benzene rings is 1. The van der Waals surface area contributed by atoms with Crippen LogP contribution in [-0.4, -0.2) is 39.7 Å². The van der Waals surface area contributed by atoms with Crippen molar-refractivity contribution in [3.63, 3.8) is 0 Å². The minimum atomic E-state index is -0.866. The van der Waals surface area contributed by atoms with Crippen molar-refractivity contribution in [1.29, 1.82) is 0 Å². The Hall–Kier alpha value is -1.09. The third-order valence-electron chi connectivity index (χ3n) is 2.28. The molecule has 1 atom stereocenters. The van der Waals surface area contributed by atoms with Gasteiger partial charge in [0.1, 0.15) is 5.82 Å². The van der Waals surface area contributed by atoms with Crippen LogP contribution in [0.25, 0.3) is 10.6 Å². The molecule has 5 nitrogen and oxygen atoms in total. The maximum atomic E-state index is 13.7. The van der Waals surface area contributed by atoms with Crippen molar-refractivity contribution in [2.24, 2.45) is 0 Å². The number of anilines is 1. The van der Waals surface area contributed by atoms with Gasteiger partial charge in [0.15, 0.2) is 5.01 Å². The summed E-state index contributed by atoms with van der Waals surface area (Å²) in [7, 11) is 0.